The highest BCUT2D eigenvalue weighted by molar-refractivity contribution is 5.96. The molecule has 2 rings (SSSR count). The minimum Gasteiger partial charge on any atom is -0.480 e. The summed E-state index contributed by atoms with van der Waals surface area (Å²) in [5, 5.41) is 11.6. The highest BCUT2D eigenvalue weighted by Gasteiger charge is 2.20. The van der Waals surface area contributed by atoms with Crippen LogP contribution in [0.1, 0.15) is 42.5 Å². The van der Waals surface area contributed by atoms with Gasteiger partial charge in [-0.25, -0.2) is 9.78 Å². The third-order valence-electron chi connectivity index (χ3n) is 4.15. The summed E-state index contributed by atoms with van der Waals surface area (Å²) in [4.78, 5) is 30.0. The zero-order chi connectivity index (χ0) is 17.4. The maximum Gasteiger partial charge on any atom is 0.326 e. The molecule has 0 saturated carbocycles. The summed E-state index contributed by atoms with van der Waals surface area (Å²) in [5.74, 6) is -0.648. The molecular weight excluding hydrogens is 310 g/mol. The summed E-state index contributed by atoms with van der Waals surface area (Å²) in [6.07, 6.45) is 6.53. The van der Waals surface area contributed by atoms with Crippen molar-refractivity contribution in [3.8, 4) is 0 Å². The molecule has 0 spiro atoms. The van der Waals surface area contributed by atoms with Crippen molar-refractivity contribution in [3.63, 3.8) is 0 Å². The number of methoxy groups -OCH3 is 1. The summed E-state index contributed by atoms with van der Waals surface area (Å²) in [6, 6.07) is 2.55. The van der Waals surface area contributed by atoms with E-state index in [1.54, 1.807) is 6.07 Å². The number of hydrogen-bond donors (Lipinski definition) is 2. The van der Waals surface area contributed by atoms with Gasteiger partial charge in [0, 0.05) is 39.4 Å². The predicted octanol–water partition coefficient (Wildman–Crippen LogP) is 1.68. The number of aromatic nitrogens is 1. The molecule has 7 heteroatoms. The van der Waals surface area contributed by atoms with Gasteiger partial charge in [-0.1, -0.05) is 12.8 Å². The first-order chi connectivity index (χ1) is 11.6. The molecule has 132 valence electrons. The van der Waals surface area contributed by atoms with Crippen LogP contribution in [-0.2, 0) is 9.53 Å². The van der Waals surface area contributed by atoms with Gasteiger partial charge in [-0.2, -0.15) is 0 Å². The minimum absolute atomic E-state index is 0.219. The van der Waals surface area contributed by atoms with Gasteiger partial charge in [0.15, 0.2) is 0 Å². The molecule has 2 N–H and O–H groups in total. The van der Waals surface area contributed by atoms with Crippen molar-refractivity contribution < 1.29 is 19.4 Å². The van der Waals surface area contributed by atoms with Gasteiger partial charge in [-0.05, 0) is 25.0 Å². The third kappa shape index (κ3) is 5.19. The first-order valence-electron chi connectivity index (χ1n) is 8.35. The van der Waals surface area contributed by atoms with Gasteiger partial charge in [0.05, 0.1) is 5.56 Å². The molecule has 1 aliphatic rings. The quantitative estimate of drug-likeness (QED) is 0.788. The van der Waals surface area contributed by atoms with Crippen molar-refractivity contribution in [2.24, 2.45) is 0 Å². The van der Waals surface area contributed by atoms with E-state index in [0.717, 1.165) is 31.7 Å². The number of nitrogens with one attached hydrogen (secondary N) is 1. The van der Waals surface area contributed by atoms with E-state index in [1.807, 2.05) is 6.07 Å². The lowest BCUT2D eigenvalue weighted by Gasteiger charge is -2.21. The molecule has 7 nitrogen and oxygen atoms in total. The molecule has 1 aromatic rings. The Morgan fingerprint density at radius 2 is 2.00 bits per heavy atom. The van der Waals surface area contributed by atoms with Crippen molar-refractivity contribution in [2.45, 2.75) is 38.1 Å². The summed E-state index contributed by atoms with van der Waals surface area (Å²) in [7, 11) is 1.49. The third-order valence-corrected chi connectivity index (χ3v) is 4.15. The molecule has 0 bridgehead atoms. The number of carboxylic acids is 1. The van der Waals surface area contributed by atoms with Crippen LogP contribution in [0.15, 0.2) is 18.3 Å². The Morgan fingerprint density at radius 3 is 2.54 bits per heavy atom. The zero-order valence-corrected chi connectivity index (χ0v) is 14.0. The zero-order valence-electron chi connectivity index (χ0n) is 14.0. The van der Waals surface area contributed by atoms with E-state index in [4.69, 9.17) is 9.84 Å². The van der Waals surface area contributed by atoms with Crippen LogP contribution in [0.3, 0.4) is 0 Å². The highest BCUT2D eigenvalue weighted by Crippen LogP contribution is 2.17. The normalized spacial score (nSPS) is 16.3. The van der Waals surface area contributed by atoms with Crippen LogP contribution < -0.4 is 10.2 Å². The van der Waals surface area contributed by atoms with Gasteiger partial charge in [-0.15, -0.1) is 0 Å². The molecule has 1 fully saturated rings. The number of nitrogens with zero attached hydrogens (tertiary/aromatic N) is 2. The topological polar surface area (TPSA) is 91.8 Å². The summed E-state index contributed by atoms with van der Waals surface area (Å²) >= 11 is 0. The predicted molar refractivity (Wildman–Crippen MR) is 90.3 cm³/mol. The molecule has 2 heterocycles. The highest BCUT2D eigenvalue weighted by atomic mass is 16.5. The molecule has 0 aliphatic carbocycles. The van der Waals surface area contributed by atoms with Gasteiger partial charge in [-0.3, -0.25) is 4.79 Å². The summed E-state index contributed by atoms with van der Waals surface area (Å²) in [6.45, 7) is 2.23. The Hall–Kier alpha value is -2.15. The molecule has 1 saturated heterocycles. The van der Waals surface area contributed by atoms with Crippen molar-refractivity contribution in [1.29, 1.82) is 0 Å². The van der Waals surface area contributed by atoms with Crippen LogP contribution in [0.4, 0.5) is 5.82 Å². The maximum atomic E-state index is 12.2. The Morgan fingerprint density at radius 1 is 1.29 bits per heavy atom. The van der Waals surface area contributed by atoms with Crippen molar-refractivity contribution in [1.82, 2.24) is 10.3 Å². The monoisotopic (exact) mass is 335 g/mol. The summed E-state index contributed by atoms with van der Waals surface area (Å²) in [5.41, 5.74) is 0.359. The van der Waals surface area contributed by atoms with Crippen LogP contribution >= 0.6 is 0 Å². The molecule has 24 heavy (non-hydrogen) atoms. The number of hydrogen-bond acceptors (Lipinski definition) is 5. The molecule has 0 aromatic carbocycles. The minimum atomic E-state index is -1.07. The average molecular weight is 335 g/mol. The largest absolute Gasteiger partial charge is 0.480 e. The number of carbonyl (C=O) groups excluding carboxylic acids is 1. The molecule has 1 atom stereocenters. The fourth-order valence-corrected chi connectivity index (χ4v) is 2.74. The number of ether oxygens (including phenoxy) is 1. The van der Waals surface area contributed by atoms with E-state index in [0.29, 0.717) is 5.56 Å². The lowest BCUT2D eigenvalue weighted by Crippen LogP contribution is -2.41. The van der Waals surface area contributed by atoms with E-state index in [-0.39, 0.29) is 13.0 Å². The van der Waals surface area contributed by atoms with Crippen LogP contribution in [0.5, 0.6) is 0 Å². The fourth-order valence-electron chi connectivity index (χ4n) is 2.74. The Labute approximate surface area is 142 Å². The number of aliphatic carboxylic acids is 1. The number of carbonyl (C=O) groups is 2. The first-order valence-corrected chi connectivity index (χ1v) is 8.35. The SMILES string of the molecule is COCCC(NC(=O)c1ccc(N2CCCCCC2)nc1)C(=O)O. The number of rotatable bonds is 7. The van der Waals surface area contributed by atoms with Gasteiger partial charge >= 0.3 is 5.97 Å². The second-order valence-electron chi connectivity index (χ2n) is 5.95. The molecule has 1 unspecified atom stereocenters. The number of pyridine rings is 1. The van der Waals surface area contributed by atoms with Crippen molar-refractivity contribution in [3.05, 3.63) is 23.9 Å². The Kier molecular flexibility index (Phi) is 6.99. The van der Waals surface area contributed by atoms with E-state index >= 15 is 0 Å². The van der Waals surface area contributed by atoms with Crippen molar-refractivity contribution >= 4 is 17.7 Å². The van der Waals surface area contributed by atoms with E-state index in [9.17, 15) is 9.59 Å². The number of amides is 1. The van der Waals surface area contributed by atoms with Gasteiger partial charge in [0.1, 0.15) is 11.9 Å². The Bertz CT molecular complexity index is 539. The molecule has 1 amide bonds. The van der Waals surface area contributed by atoms with Crippen molar-refractivity contribution in [2.75, 3.05) is 31.7 Å². The van der Waals surface area contributed by atoms with Crippen LogP contribution in [0.2, 0.25) is 0 Å². The number of anilines is 1. The van der Waals surface area contributed by atoms with E-state index in [2.05, 4.69) is 15.2 Å². The van der Waals surface area contributed by atoms with E-state index in [1.165, 1.54) is 26.1 Å². The lowest BCUT2D eigenvalue weighted by atomic mass is 10.2. The molecular formula is C17H25N3O4. The second-order valence-corrected chi connectivity index (χ2v) is 5.95. The fraction of sp³-hybridized carbons (Fsp3) is 0.588. The number of carboxylic acid groups (broad SMARTS) is 1. The lowest BCUT2D eigenvalue weighted by molar-refractivity contribution is -0.139. The Balaban J connectivity index is 1.98. The van der Waals surface area contributed by atoms with Gasteiger partial charge in [0.25, 0.3) is 5.91 Å². The van der Waals surface area contributed by atoms with Crippen LogP contribution in [-0.4, -0.2) is 54.8 Å². The van der Waals surface area contributed by atoms with Gasteiger partial charge in [0.2, 0.25) is 0 Å². The molecule has 1 aliphatic heterocycles. The van der Waals surface area contributed by atoms with Crippen LogP contribution in [0.25, 0.3) is 0 Å². The van der Waals surface area contributed by atoms with Gasteiger partial charge < -0.3 is 20.1 Å². The molecule has 1 aromatic heterocycles. The first kappa shape index (κ1) is 18.2. The standard InChI is InChI=1S/C17H25N3O4/c1-24-11-8-14(17(22)23)19-16(21)13-6-7-15(18-12-13)20-9-4-2-3-5-10-20/h6-7,12,14H,2-5,8-11H2,1H3,(H,19,21)(H,22,23). The molecule has 0 radical (unpaired) electrons. The van der Waals surface area contributed by atoms with E-state index < -0.39 is 17.9 Å². The smallest absolute Gasteiger partial charge is 0.326 e. The second kappa shape index (κ2) is 9.22. The summed E-state index contributed by atoms with van der Waals surface area (Å²) < 4.78 is 4.87. The van der Waals surface area contributed by atoms with Crippen LogP contribution in [0, 0.1) is 0 Å². The average Bonchev–Trinajstić information content (AvgIpc) is 2.87. The maximum absolute atomic E-state index is 12.2.